The van der Waals surface area contributed by atoms with E-state index in [1.165, 1.54) is 17.7 Å². The van der Waals surface area contributed by atoms with Crippen molar-refractivity contribution in [3.63, 3.8) is 0 Å². The monoisotopic (exact) mass is 481 g/mol. The molecule has 0 spiro atoms. The number of carbonyl (C=O) groups is 1. The van der Waals surface area contributed by atoms with E-state index in [4.69, 9.17) is 10.5 Å². The number of halogens is 1. The lowest BCUT2D eigenvalue weighted by Crippen LogP contribution is -2.34. The summed E-state index contributed by atoms with van der Waals surface area (Å²) >= 11 is 0. The van der Waals surface area contributed by atoms with Gasteiger partial charge in [0.25, 0.3) is 5.91 Å². The topological polar surface area (TPSA) is 77.2 Å². The number of aryl methyl sites for hydroxylation is 2. The Kier molecular flexibility index (Phi) is 5.12. The first-order valence-corrected chi connectivity index (χ1v) is 12.2. The fourth-order valence-corrected chi connectivity index (χ4v) is 6.10. The summed E-state index contributed by atoms with van der Waals surface area (Å²) < 4.78 is 20.0. The maximum atomic E-state index is 13.4. The Labute approximate surface area is 209 Å². The number of hydrogen-bond donors (Lipinski definition) is 2. The predicted octanol–water partition coefficient (Wildman–Crippen LogP) is 5.43. The van der Waals surface area contributed by atoms with Crippen LogP contribution in [0, 0.1) is 31.5 Å². The van der Waals surface area contributed by atoms with Crippen molar-refractivity contribution in [1.29, 1.82) is 0 Å². The van der Waals surface area contributed by atoms with E-state index in [9.17, 15) is 9.18 Å². The number of aromatic nitrogens is 1. The van der Waals surface area contributed by atoms with E-state index in [-0.39, 0.29) is 29.7 Å². The minimum atomic E-state index is -0.473. The number of nitrogens with one attached hydrogen (secondary N) is 1. The Morgan fingerprint density at radius 2 is 1.89 bits per heavy atom. The van der Waals surface area contributed by atoms with Crippen LogP contribution in [0.4, 0.5) is 10.2 Å². The van der Waals surface area contributed by atoms with Crippen LogP contribution in [0.1, 0.15) is 41.0 Å². The molecular formula is C30H28FN3O2. The van der Waals surface area contributed by atoms with Crippen molar-refractivity contribution in [1.82, 2.24) is 10.3 Å². The number of anilines is 1. The minimum Gasteiger partial charge on any atom is -0.384 e. The van der Waals surface area contributed by atoms with Gasteiger partial charge in [0.2, 0.25) is 0 Å². The van der Waals surface area contributed by atoms with Crippen molar-refractivity contribution in [2.75, 3.05) is 5.73 Å². The average Bonchev–Trinajstić information content (AvgIpc) is 3.32. The highest BCUT2D eigenvalue weighted by atomic mass is 19.1. The maximum Gasteiger partial charge on any atom is 0.251 e. The molecule has 1 aliphatic carbocycles. The summed E-state index contributed by atoms with van der Waals surface area (Å²) in [6.07, 6.45) is 5.99. The van der Waals surface area contributed by atoms with Gasteiger partial charge in [-0.3, -0.25) is 4.79 Å². The predicted molar refractivity (Wildman–Crippen MR) is 137 cm³/mol. The molecule has 2 aromatic carbocycles. The SMILES string of the molecule is Cc1cc(N)nc(C)c1CNC(=O)C1=CC2C3OC(C)(c4cc(-c5ccc(F)cc5)ccc43)C2C=C1. The first-order valence-electron chi connectivity index (χ1n) is 12.2. The van der Waals surface area contributed by atoms with E-state index >= 15 is 0 Å². The number of rotatable bonds is 4. The van der Waals surface area contributed by atoms with Crippen LogP contribution in [0.3, 0.4) is 0 Å². The van der Waals surface area contributed by atoms with E-state index in [0.29, 0.717) is 17.9 Å². The fourth-order valence-electron chi connectivity index (χ4n) is 6.10. The number of nitrogen functional groups attached to an aromatic ring is 1. The Morgan fingerprint density at radius 3 is 2.64 bits per heavy atom. The zero-order chi connectivity index (χ0) is 25.2. The van der Waals surface area contributed by atoms with Crippen molar-refractivity contribution in [3.8, 4) is 11.1 Å². The van der Waals surface area contributed by atoms with Gasteiger partial charge in [-0.2, -0.15) is 0 Å². The molecule has 5 nitrogen and oxygen atoms in total. The lowest BCUT2D eigenvalue weighted by Gasteiger charge is -2.34. The van der Waals surface area contributed by atoms with Gasteiger partial charge in [0.05, 0.1) is 11.7 Å². The third kappa shape index (κ3) is 3.47. The van der Waals surface area contributed by atoms with Gasteiger partial charge in [-0.15, -0.1) is 0 Å². The molecule has 1 fully saturated rings. The summed E-state index contributed by atoms with van der Waals surface area (Å²) in [4.78, 5) is 17.4. The third-order valence-corrected chi connectivity index (χ3v) is 7.96. The second-order valence-electron chi connectivity index (χ2n) is 10.1. The maximum absolute atomic E-state index is 13.4. The summed E-state index contributed by atoms with van der Waals surface area (Å²) in [5.74, 6) is 0.359. The highest BCUT2D eigenvalue weighted by molar-refractivity contribution is 5.96. The lowest BCUT2D eigenvalue weighted by molar-refractivity contribution is -0.117. The van der Waals surface area contributed by atoms with Gasteiger partial charge < -0.3 is 15.8 Å². The zero-order valence-corrected chi connectivity index (χ0v) is 20.5. The normalized spacial score (nSPS) is 25.3. The van der Waals surface area contributed by atoms with Crippen LogP contribution in [0.5, 0.6) is 0 Å². The molecule has 36 heavy (non-hydrogen) atoms. The number of ether oxygens (including phenoxy) is 1. The molecule has 1 amide bonds. The molecule has 182 valence electrons. The molecule has 2 bridgehead atoms. The molecule has 2 aliphatic heterocycles. The van der Waals surface area contributed by atoms with Gasteiger partial charge in [0, 0.05) is 29.6 Å². The highest BCUT2D eigenvalue weighted by Crippen LogP contribution is 2.62. The van der Waals surface area contributed by atoms with Crippen LogP contribution in [0.15, 0.2) is 72.3 Å². The number of nitrogens with zero attached hydrogens (tertiary/aromatic N) is 1. The average molecular weight is 482 g/mol. The molecule has 1 saturated heterocycles. The number of carbonyl (C=O) groups excluding carboxylic acids is 1. The van der Waals surface area contributed by atoms with E-state index in [1.807, 2.05) is 26.0 Å². The molecule has 0 radical (unpaired) electrons. The Hall–Kier alpha value is -3.77. The molecule has 3 aliphatic rings. The highest BCUT2D eigenvalue weighted by Gasteiger charge is 2.58. The number of nitrogens with two attached hydrogens (primary N) is 1. The van der Waals surface area contributed by atoms with Gasteiger partial charge in [0.15, 0.2) is 0 Å². The van der Waals surface area contributed by atoms with Crippen LogP contribution in [0.2, 0.25) is 0 Å². The van der Waals surface area contributed by atoms with Gasteiger partial charge in [-0.25, -0.2) is 9.37 Å². The first kappa shape index (κ1) is 22.7. The Bertz CT molecular complexity index is 1440. The van der Waals surface area contributed by atoms with Crippen molar-refractivity contribution in [3.05, 3.63) is 106 Å². The fraction of sp³-hybridized carbons (Fsp3) is 0.267. The van der Waals surface area contributed by atoms with Crippen molar-refractivity contribution < 1.29 is 13.9 Å². The van der Waals surface area contributed by atoms with Crippen LogP contribution in [-0.2, 0) is 21.7 Å². The Balaban J connectivity index is 1.24. The molecular weight excluding hydrogens is 453 g/mol. The quantitative estimate of drug-likeness (QED) is 0.521. The number of fused-ring (bicyclic) bond motifs is 8. The van der Waals surface area contributed by atoms with Crippen molar-refractivity contribution in [2.45, 2.75) is 39.0 Å². The summed E-state index contributed by atoms with van der Waals surface area (Å²) in [6, 6.07) is 14.7. The van der Waals surface area contributed by atoms with E-state index < -0.39 is 5.60 Å². The number of benzene rings is 2. The molecule has 3 N–H and O–H groups in total. The third-order valence-electron chi connectivity index (χ3n) is 7.96. The molecule has 6 heteroatoms. The minimum absolute atomic E-state index is 0.0894. The molecule has 6 rings (SSSR count). The van der Waals surface area contributed by atoms with Crippen LogP contribution in [-0.4, -0.2) is 10.9 Å². The summed E-state index contributed by atoms with van der Waals surface area (Å²) in [7, 11) is 0. The molecule has 1 aromatic heterocycles. The van der Waals surface area contributed by atoms with Crippen molar-refractivity contribution in [2.24, 2.45) is 11.8 Å². The van der Waals surface area contributed by atoms with Crippen LogP contribution >= 0.6 is 0 Å². The molecule has 0 saturated carbocycles. The molecule has 3 aromatic rings. The van der Waals surface area contributed by atoms with Gasteiger partial charge in [0.1, 0.15) is 11.6 Å². The van der Waals surface area contributed by atoms with Gasteiger partial charge >= 0.3 is 0 Å². The molecule has 4 atom stereocenters. The first-order chi connectivity index (χ1) is 17.2. The lowest BCUT2D eigenvalue weighted by atomic mass is 9.67. The number of hydrogen-bond acceptors (Lipinski definition) is 4. The van der Waals surface area contributed by atoms with E-state index in [2.05, 4.69) is 47.6 Å². The van der Waals surface area contributed by atoms with Crippen LogP contribution < -0.4 is 11.1 Å². The largest absolute Gasteiger partial charge is 0.384 e. The van der Waals surface area contributed by atoms with Gasteiger partial charge in [-0.05, 0) is 78.4 Å². The number of pyridine rings is 1. The van der Waals surface area contributed by atoms with E-state index in [0.717, 1.165) is 33.5 Å². The summed E-state index contributed by atoms with van der Waals surface area (Å²) in [5.41, 5.74) is 13.2. The smallest absolute Gasteiger partial charge is 0.251 e. The summed E-state index contributed by atoms with van der Waals surface area (Å²) in [5, 5.41) is 3.05. The van der Waals surface area contributed by atoms with Crippen LogP contribution in [0.25, 0.3) is 11.1 Å². The molecule has 4 unspecified atom stereocenters. The van der Waals surface area contributed by atoms with Crippen molar-refractivity contribution >= 4 is 11.7 Å². The van der Waals surface area contributed by atoms with Gasteiger partial charge in [-0.1, -0.05) is 42.5 Å². The standard InChI is InChI=1S/C30H28FN3O2/c1-16-12-27(32)34-17(2)24(16)15-33-29(35)20-7-11-25-23(13-20)28-22-10-6-19(14-26(22)30(25,3)36-28)18-4-8-21(31)9-5-18/h4-14,23,25,28H,15H2,1-3H3,(H2,32,34)(H,33,35). The molecule has 3 heterocycles. The van der Waals surface area contributed by atoms with E-state index in [1.54, 1.807) is 12.1 Å². The second-order valence-corrected chi connectivity index (χ2v) is 10.1. The summed E-state index contributed by atoms with van der Waals surface area (Å²) in [6.45, 7) is 6.41. The zero-order valence-electron chi connectivity index (χ0n) is 20.5. The number of amides is 1. The Morgan fingerprint density at radius 1 is 1.14 bits per heavy atom. The second kappa shape index (κ2) is 8.14.